The molecule has 0 aliphatic heterocycles. The van der Waals surface area contributed by atoms with Gasteiger partial charge in [0.1, 0.15) is 16.7 Å². The van der Waals surface area contributed by atoms with Gasteiger partial charge in [0.05, 0.1) is 19.5 Å². The third kappa shape index (κ3) is 3.58. The van der Waals surface area contributed by atoms with E-state index in [2.05, 4.69) is 16.0 Å². The minimum absolute atomic E-state index is 0.404. The number of nitrogens with zero attached hydrogens (tertiary/aromatic N) is 3. The first-order valence-corrected chi connectivity index (χ1v) is 6.39. The molecule has 1 heterocycles. The van der Waals surface area contributed by atoms with Gasteiger partial charge in [-0.15, -0.1) is 0 Å². The fourth-order valence-corrected chi connectivity index (χ4v) is 1.97. The molecule has 1 aromatic heterocycles. The Morgan fingerprint density at radius 2 is 2.05 bits per heavy atom. The number of anilines is 1. The molecule has 0 spiro atoms. The molecule has 0 bridgehead atoms. The summed E-state index contributed by atoms with van der Waals surface area (Å²) in [7, 11) is 3.65. The normalized spacial score (nSPS) is 10.3. The van der Waals surface area contributed by atoms with Crippen molar-refractivity contribution in [2.75, 3.05) is 25.6 Å². The van der Waals surface area contributed by atoms with Gasteiger partial charge in [0.15, 0.2) is 0 Å². The van der Waals surface area contributed by atoms with Crippen LogP contribution in [0.15, 0.2) is 36.7 Å². The van der Waals surface area contributed by atoms with E-state index in [1.54, 1.807) is 13.3 Å². The van der Waals surface area contributed by atoms with Crippen LogP contribution in [0.3, 0.4) is 0 Å². The number of para-hydroxylation sites is 1. The van der Waals surface area contributed by atoms with E-state index in [1.165, 1.54) is 11.8 Å². The van der Waals surface area contributed by atoms with E-state index in [0.717, 1.165) is 24.5 Å². The van der Waals surface area contributed by atoms with Crippen molar-refractivity contribution in [3.05, 3.63) is 47.4 Å². The van der Waals surface area contributed by atoms with E-state index < -0.39 is 0 Å². The maximum atomic E-state index is 5.83. The minimum atomic E-state index is 0.404. The lowest BCUT2D eigenvalue weighted by Gasteiger charge is -2.18. The molecule has 0 amide bonds. The zero-order valence-corrected chi connectivity index (χ0v) is 11.8. The van der Waals surface area contributed by atoms with Gasteiger partial charge in [-0.3, -0.25) is 4.98 Å². The predicted molar refractivity (Wildman–Crippen MR) is 77.0 cm³/mol. The summed E-state index contributed by atoms with van der Waals surface area (Å²) in [5, 5.41) is 0.404. The van der Waals surface area contributed by atoms with Crippen LogP contribution in [0.1, 0.15) is 5.56 Å². The fourth-order valence-electron chi connectivity index (χ4n) is 1.83. The van der Waals surface area contributed by atoms with E-state index in [1.807, 2.05) is 30.1 Å². The molecule has 0 fully saturated rings. The summed E-state index contributed by atoms with van der Waals surface area (Å²) in [6, 6.07) is 8.01. The van der Waals surface area contributed by atoms with Gasteiger partial charge in [-0.2, -0.15) is 0 Å². The summed E-state index contributed by atoms with van der Waals surface area (Å²) in [6.07, 6.45) is 4.10. The average molecular weight is 278 g/mol. The summed E-state index contributed by atoms with van der Waals surface area (Å²) < 4.78 is 5.33. The van der Waals surface area contributed by atoms with E-state index in [9.17, 15) is 0 Å². The smallest absolute Gasteiger partial charge is 0.149 e. The highest BCUT2D eigenvalue weighted by molar-refractivity contribution is 6.29. The number of aromatic nitrogens is 2. The average Bonchev–Trinajstić information content (AvgIpc) is 2.45. The van der Waals surface area contributed by atoms with Crippen LogP contribution >= 0.6 is 11.6 Å². The second kappa shape index (κ2) is 6.38. The molecule has 1 aromatic carbocycles. The van der Waals surface area contributed by atoms with Crippen LogP contribution in [0.2, 0.25) is 5.15 Å². The Balaban J connectivity index is 2.02. The molecule has 0 aliphatic rings. The molecule has 2 rings (SSSR count). The lowest BCUT2D eigenvalue weighted by atomic mass is 10.1. The summed E-state index contributed by atoms with van der Waals surface area (Å²) in [5.41, 5.74) is 1.17. The summed E-state index contributed by atoms with van der Waals surface area (Å²) in [5.74, 6) is 1.68. The SMILES string of the molecule is COc1ccccc1CCN(C)c1cncc(Cl)n1. The highest BCUT2D eigenvalue weighted by atomic mass is 35.5. The largest absolute Gasteiger partial charge is 0.496 e. The maximum absolute atomic E-state index is 5.83. The van der Waals surface area contributed by atoms with E-state index in [-0.39, 0.29) is 0 Å². The van der Waals surface area contributed by atoms with Gasteiger partial charge < -0.3 is 9.64 Å². The van der Waals surface area contributed by atoms with Crippen LogP contribution in [-0.4, -0.2) is 30.7 Å². The van der Waals surface area contributed by atoms with Gasteiger partial charge in [0, 0.05) is 13.6 Å². The molecule has 19 heavy (non-hydrogen) atoms. The van der Waals surface area contributed by atoms with Crippen molar-refractivity contribution in [1.82, 2.24) is 9.97 Å². The Kier molecular flexibility index (Phi) is 4.58. The first kappa shape index (κ1) is 13.6. The van der Waals surface area contributed by atoms with Crippen molar-refractivity contribution in [2.24, 2.45) is 0 Å². The number of likely N-dealkylation sites (N-methyl/N-ethyl adjacent to an activating group) is 1. The van der Waals surface area contributed by atoms with Crippen molar-refractivity contribution < 1.29 is 4.74 Å². The van der Waals surface area contributed by atoms with Crippen LogP contribution in [0.5, 0.6) is 5.75 Å². The number of ether oxygens (including phenoxy) is 1. The van der Waals surface area contributed by atoms with Crippen molar-refractivity contribution in [1.29, 1.82) is 0 Å². The standard InChI is InChI=1S/C14H16ClN3O/c1-18(14-10-16-9-13(15)17-14)8-7-11-5-3-4-6-12(11)19-2/h3-6,9-10H,7-8H2,1-2H3. The Bertz CT molecular complexity index is 548. The number of hydrogen-bond acceptors (Lipinski definition) is 4. The zero-order chi connectivity index (χ0) is 13.7. The van der Waals surface area contributed by atoms with Crippen LogP contribution in [0.25, 0.3) is 0 Å². The fraction of sp³-hybridized carbons (Fsp3) is 0.286. The number of benzene rings is 1. The number of rotatable bonds is 5. The zero-order valence-electron chi connectivity index (χ0n) is 11.0. The van der Waals surface area contributed by atoms with Crippen molar-refractivity contribution in [3.63, 3.8) is 0 Å². The number of hydrogen-bond donors (Lipinski definition) is 0. The van der Waals surface area contributed by atoms with Crippen LogP contribution in [-0.2, 0) is 6.42 Å². The van der Waals surface area contributed by atoms with Crippen LogP contribution in [0, 0.1) is 0 Å². The quantitative estimate of drug-likeness (QED) is 0.842. The third-order valence-corrected chi connectivity index (χ3v) is 3.07. The summed E-state index contributed by atoms with van der Waals surface area (Å²) >= 11 is 5.83. The Labute approximate surface area is 118 Å². The molecule has 5 heteroatoms. The molecule has 0 aliphatic carbocycles. The van der Waals surface area contributed by atoms with E-state index in [4.69, 9.17) is 16.3 Å². The molecular weight excluding hydrogens is 262 g/mol. The topological polar surface area (TPSA) is 38.2 Å². The number of halogens is 1. The van der Waals surface area contributed by atoms with Gasteiger partial charge in [-0.25, -0.2) is 4.98 Å². The maximum Gasteiger partial charge on any atom is 0.149 e. The first-order chi connectivity index (χ1) is 9.20. The summed E-state index contributed by atoms with van der Waals surface area (Å²) in [4.78, 5) is 10.3. The molecule has 2 aromatic rings. The number of methoxy groups -OCH3 is 1. The first-order valence-electron chi connectivity index (χ1n) is 6.01. The third-order valence-electron chi connectivity index (χ3n) is 2.89. The van der Waals surface area contributed by atoms with Gasteiger partial charge >= 0.3 is 0 Å². The monoisotopic (exact) mass is 277 g/mol. The van der Waals surface area contributed by atoms with Gasteiger partial charge in [0.2, 0.25) is 0 Å². The van der Waals surface area contributed by atoms with E-state index >= 15 is 0 Å². The molecule has 0 N–H and O–H groups in total. The Hall–Kier alpha value is -1.81. The lowest BCUT2D eigenvalue weighted by Crippen LogP contribution is -2.21. The molecule has 0 radical (unpaired) electrons. The van der Waals surface area contributed by atoms with Crippen molar-refractivity contribution in [3.8, 4) is 5.75 Å². The molecular formula is C14H16ClN3O. The Morgan fingerprint density at radius 1 is 1.26 bits per heavy atom. The van der Waals surface area contributed by atoms with Gasteiger partial charge in [-0.1, -0.05) is 29.8 Å². The highest BCUT2D eigenvalue weighted by Gasteiger charge is 2.06. The molecule has 0 atom stereocenters. The molecule has 0 saturated heterocycles. The van der Waals surface area contributed by atoms with Crippen LogP contribution in [0.4, 0.5) is 5.82 Å². The highest BCUT2D eigenvalue weighted by Crippen LogP contribution is 2.19. The van der Waals surface area contributed by atoms with Gasteiger partial charge in [0.25, 0.3) is 0 Å². The lowest BCUT2D eigenvalue weighted by molar-refractivity contribution is 0.409. The molecule has 0 unspecified atom stereocenters. The van der Waals surface area contributed by atoms with Crippen molar-refractivity contribution >= 4 is 17.4 Å². The van der Waals surface area contributed by atoms with E-state index in [0.29, 0.717) is 5.15 Å². The minimum Gasteiger partial charge on any atom is -0.496 e. The van der Waals surface area contributed by atoms with Gasteiger partial charge in [-0.05, 0) is 18.1 Å². The van der Waals surface area contributed by atoms with Crippen LogP contribution < -0.4 is 9.64 Å². The molecule has 100 valence electrons. The van der Waals surface area contributed by atoms with Crippen molar-refractivity contribution in [2.45, 2.75) is 6.42 Å². The Morgan fingerprint density at radius 3 is 2.79 bits per heavy atom. The molecule has 0 saturated carbocycles. The second-order valence-electron chi connectivity index (χ2n) is 4.18. The summed E-state index contributed by atoms with van der Waals surface area (Å²) in [6.45, 7) is 0.815. The molecule has 4 nitrogen and oxygen atoms in total. The predicted octanol–water partition coefficient (Wildman–Crippen LogP) is 2.82. The second-order valence-corrected chi connectivity index (χ2v) is 4.57.